The third kappa shape index (κ3) is 2.70. The van der Waals surface area contributed by atoms with Crippen LogP contribution < -0.4 is 0 Å². The molecule has 0 bridgehead atoms. The maximum absolute atomic E-state index is 9.61. The molecule has 0 aliphatic heterocycles. The third-order valence-corrected chi connectivity index (χ3v) is 5.36. The van der Waals surface area contributed by atoms with E-state index in [1.54, 1.807) is 24.3 Å². The monoisotopic (exact) mass is 296 g/mol. The number of aromatic hydroxyl groups is 2. The smallest absolute Gasteiger partial charge is 0.115 e. The molecule has 1 aliphatic carbocycles. The van der Waals surface area contributed by atoms with Gasteiger partial charge in [0.15, 0.2) is 0 Å². The van der Waals surface area contributed by atoms with Crippen LogP contribution in [0.25, 0.3) is 0 Å². The molecule has 0 saturated heterocycles. The first-order valence-electron chi connectivity index (χ1n) is 8.20. The zero-order valence-corrected chi connectivity index (χ0v) is 13.1. The predicted octanol–water partition coefficient (Wildman–Crippen LogP) is 4.98. The Bertz CT molecular complexity index is 562. The van der Waals surface area contributed by atoms with Gasteiger partial charge >= 0.3 is 0 Å². The van der Waals surface area contributed by atoms with Gasteiger partial charge < -0.3 is 10.2 Å². The van der Waals surface area contributed by atoms with Crippen molar-refractivity contribution in [1.29, 1.82) is 0 Å². The molecular formula is C20H24O2. The molecule has 22 heavy (non-hydrogen) atoms. The zero-order valence-electron chi connectivity index (χ0n) is 13.1. The largest absolute Gasteiger partial charge is 0.508 e. The van der Waals surface area contributed by atoms with Crippen LogP contribution in [0.1, 0.15) is 50.2 Å². The van der Waals surface area contributed by atoms with Crippen LogP contribution >= 0.6 is 0 Å². The quantitative estimate of drug-likeness (QED) is 0.838. The second-order valence-electron chi connectivity index (χ2n) is 6.63. The fourth-order valence-corrected chi connectivity index (χ4v) is 3.93. The molecule has 1 saturated carbocycles. The van der Waals surface area contributed by atoms with Crippen molar-refractivity contribution >= 4 is 0 Å². The molecule has 0 amide bonds. The molecule has 2 aromatic carbocycles. The lowest BCUT2D eigenvalue weighted by Gasteiger charge is -2.41. The van der Waals surface area contributed by atoms with Gasteiger partial charge in [-0.15, -0.1) is 0 Å². The van der Waals surface area contributed by atoms with Crippen molar-refractivity contribution in [2.24, 2.45) is 5.92 Å². The molecule has 3 rings (SSSR count). The molecule has 1 fully saturated rings. The summed E-state index contributed by atoms with van der Waals surface area (Å²) in [6, 6.07) is 15.3. The van der Waals surface area contributed by atoms with Crippen LogP contribution in [-0.4, -0.2) is 10.2 Å². The second-order valence-corrected chi connectivity index (χ2v) is 6.63. The molecule has 0 spiro atoms. The Balaban J connectivity index is 2.08. The van der Waals surface area contributed by atoms with Crippen molar-refractivity contribution in [3.8, 4) is 11.5 Å². The van der Waals surface area contributed by atoms with Gasteiger partial charge in [0.2, 0.25) is 0 Å². The van der Waals surface area contributed by atoms with Gasteiger partial charge in [0.25, 0.3) is 0 Å². The summed E-state index contributed by atoms with van der Waals surface area (Å²) in [4.78, 5) is 0. The fraction of sp³-hybridized carbons (Fsp3) is 0.400. The van der Waals surface area contributed by atoms with Gasteiger partial charge in [0.05, 0.1) is 0 Å². The topological polar surface area (TPSA) is 40.5 Å². The molecule has 0 unspecified atom stereocenters. The van der Waals surface area contributed by atoms with Gasteiger partial charge in [-0.3, -0.25) is 0 Å². The van der Waals surface area contributed by atoms with Gasteiger partial charge in [-0.2, -0.15) is 0 Å². The molecule has 116 valence electrons. The van der Waals surface area contributed by atoms with Gasteiger partial charge in [0.1, 0.15) is 11.5 Å². The molecule has 2 N–H and O–H groups in total. The molecule has 0 heterocycles. The van der Waals surface area contributed by atoms with Crippen molar-refractivity contribution < 1.29 is 10.2 Å². The van der Waals surface area contributed by atoms with Crippen molar-refractivity contribution in [3.05, 3.63) is 59.7 Å². The first-order valence-corrected chi connectivity index (χ1v) is 8.20. The molecule has 0 aromatic heterocycles. The Hall–Kier alpha value is -1.96. The normalized spacial score (nSPS) is 16.6. The number of benzene rings is 2. The number of hydrogen-bond acceptors (Lipinski definition) is 2. The Morgan fingerprint density at radius 1 is 0.727 bits per heavy atom. The van der Waals surface area contributed by atoms with Crippen molar-refractivity contribution in [2.75, 3.05) is 0 Å². The highest BCUT2D eigenvalue weighted by molar-refractivity contribution is 5.43. The average Bonchev–Trinajstić information content (AvgIpc) is 2.56. The van der Waals surface area contributed by atoms with Crippen LogP contribution in [0.2, 0.25) is 0 Å². The molecule has 0 radical (unpaired) electrons. The Kier molecular flexibility index (Phi) is 4.10. The molecule has 1 aliphatic rings. The van der Waals surface area contributed by atoms with E-state index >= 15 is 0 Å². The fourth-order valence-electron chi connectivity index (χ4n) is 3.93. The average molecular weight is 296 g/mol. The first-order chi connectivity index (χ1) is 10.6. The van der Waals surface area contributed by atoms with Gasteiger partial charge in [-0.25, -0.2) is 0 Å². The van der Waals surface area contributed by atoms with E-state index in [9.17, 15) is 10.2 Å². The highest BCUT2D eigenvalue weighted by Gasteiger charge is 2.38. The van der Waals surface area contributed by atoms with E-state index in [4.69, 9.17) is 0 Å². The van der Waals surface area contributed by atoms with Crippen LogP contribution in [0.15, 0.2) is 48.5 Å². The summed E-state index contributed by atoms with van der Waals surface area (Å²) in [5.74, 6) is 1.20. The Morgan fingerprint density at radius 3 is 1.55 bits per heavy atom. The summed E-state index contributed by atoms with van der Waals surface area (Å²) in [5, 5.41) is 19.2. The van der Waals surface area contributed by atoms with Crippen LogP contribution in [0.4, 0.5) is 0 Å². The molecule has 2 nitrogen and oxygen atoms in total. The first kappa shape index (κ1) is 15.0. The molecular weight excluding hydrogens is 272 g/mol. The van der Waals surface area contributed by atoms with E-state index in [0.29, 0.717) is 17.4 Å². The molecule has 2 aromatic rings. The number of rotatable bonds is 3. The van der Waals surface area contributed by atoms with Crippen molar-refractivity contribution in [3.63, 3.8) is 0 Å². The van der Waals surface area contributed by atoms with E-state index in [2.05, 4.69) is 6.92 Å². The van der Waals surface area contributed by atoms with E-state index < -0.39 is 0 Å². The minimum absolute atomic E-state index is 0.0815. The van der Waals surface area contributed by atoms with Crippen LogP contribution in [-0.2, 0) is 5.41 Å². The highest BCUT2D eigenvalue weighted by Crippen LogP contribution is 2.46. The molecule has 0 atom stereocenters. The Labute approximate surface area is 132 Å². The van der Waals surface area contributed by atoms with Crippen LogP contribution in [0.3, 0.4) is 0 Å². The SMILES string of the molecule is CC(c1ccc(O)cc1)(c1ccc(O)cc1)C1CCCCC1. The lowest BCUT2D eigenvalue weighted by molar-refractivity contribution is 0.254. The number of phenolic OH excluding ortho intramolecular Hbond substituents is 2. The van der Waals surface area contributed by atoms with Gasteiger partial charge in [-0.1, -0.05) is 50.5 Å². The third-order valence-electron chi connectivity index (χ3n) is 5.36. The number of hydrogen-bond donors (Lipinski definition) is 2. The Morgan fingerprint density at radius 2 is 1.14 bits per heavy atom. The van der Waals surface area contributed by atoms with Crippen LogP contribution in [0, 0.1) is 5.92 Å². The summed E-state index contributed by atoms with van der Waals surface area (Å²) in [7, 11) is 0. The maximum Gasteiger partial charge on any atom is 0.115 e. The van der Waals surface area contributed by atoms with E-state index in [1.165, 1.54) is 43.2 Å². The van der Waals surface area contributed by atoms with Crippen molar-refractivity contribution in [1.82, 2.24) is 0 Å². The minimum atomic E-state index is -0.0815. The number of phenols is 2. The lowest BCUT2D eigenvalue weighted by atomic mass is 9.63. The second kappa shape index (κ2) is 6.04. The zero-order chi connectivity index (χ0) is 15.6. The summed E-state index contributed by atoms with van der Waals surface area (Å²) in [6.45, 7) is 2.31. The van der Waals surface area contributed by atoms with E-state index in [1.807, 2.05) is 24.3 Å². The van der Waals surface area contributed by atoms with Gasteiger partial charge in [0, 0.05) is 5.41 Å². The van der Waals surface area contributed by atoms with Crippen molar-refractivity contribution in [2.45, 2.75) is 44.4 Å². The van der Waals surface area contributed by atoms with Crippen LogP contribution in [0.5, 0.6) is 11.5 Å². The predicted molar refractivity (Wildman–Crippen MR) is 89.2 cm³/mol. The lowest BCUT2D eigenvalue weighted by Crippen LogP contribution is -2.34. The molecule has 2 heteroatoms. The minimum Gasteiger partial charge on any atom is -0.508 e. The standard InChI is InChI=1S/C20H24O2/c1-20(15-5-3-2-4-6-15,16-7-11-18(21)12-8-16)17-9-13-19(22)14-10-17/h7-15,21-22H,2-6H2,1H3. The summed E-state index contributed by atoms with van der Waals surface area (Å²) in [6.07, 6.45) is 6.38. The summed E-state index contributed by atoms with van der Waals surface area (Å²) < 4.78 is 0. The summed E-state index contributed by atoms with van der Waals surface area (Å²) in [5.41, 5.74) is 2.40. The van der Waals surface area contributed by atoms with E-state index in [0.717, 1.165) is 0 Å². The summed E-state index contributed by atoms with van der Waals surface area (Å²) >= 11 is 0. The van der Waals surface area contributed by atoms with Gasteiger partial charge in [-0.05, 0) is 54.2 Å². The maximum atomic E-state index is 9.61. The highest BCUT2D eigenvalue weighted by atomic mass is 16.3. The van der Waals surface area contributed by atoms with E-state index in [-0.39, 0.29) is 5.41 Å².